The second-order valence-corrected chi connectivity index (χ2v) is 29.4. The molecule has 0 aliphatic rings. The van der Waals surface area contributed by atoms with Crippen LogP contribution in [-0.2, 0) is 108 Å². The second kappa shape index (κ2) is 36.0. The number of rotatable bonds is 30. The number of aromatic nitrogens is 1. The molecule has 0 saturated carbocycles. The molecule has 524 valence electrons. The fourth-order valence-corrected chi connectivity index (χ4v) is 9.48. The topological polar surface area (TPSA) is 263 Å². The Hall–Kier alpha value is -8.27. The van der Waals surface area contributed by atoms with E-state index >= 15 is 0 Å². The summed E-state index contributed by atoms with van der Waals surface area (Å²) in [5.41, 5.74) is -1.35. The lowest BCUT2D eigenvalue weighted by molar-refractivity contribution is -0.705. The van der Waals surface area contributed by atoms with E-state index in [1.165, 1.54) is 0 Å². The monoisotopic (exact) mass is 1320 g/mol. The van der Waals surface area contributed by atoms with Crippen molar-refractivity contribution in [2.75, 3.05) is 0 Å². The number of aryl methyl sites for hydroxylation is 3. The highest BCUT2D eigenvalue weighted by molar-refractivity contribution is 5.83. The van der Waals surface area contributed by atoms with Crippen molar-refractivity contribution in [1.29, 1.82) is 0 Å². The van der Waals surface area contributed by atoms with Gasteiger partial charge in [-0.05, 0) is 199 Å². The number of esters is 4. The van der Waals surface area contributed by atoms with Crippen LogP contribution >= 0.6 is 0 Å². The molecule has 4 atom stereocenters. The van der Waals surface area contributed by atoms with E-state index in [1.807, 2.05) is 95.7 Å². The predicted molar refractivity (Wildman–Crippen MR) is 357 cm³/mol. The Morgan fingerprint density at radius 1 is 0.400 bits per heavy atom. The van der Waals surface area contributed by atoms with Crippen molar-refractivity contribution >= 4 is 48.3 Å². The molecular formula is C73H106N5O17+. The van der Waals surface area contributed by atoms with Gasteiger partial charge >= 0.3 is 48.3 Å². The number of amides is 4. The Kier molecular flexibility index (Phi) is 30.0. The van der Waals surface area contributed by atoms with Crippen LogP contribution in [0.2, 0.25) is 0 Å². The van der Waals surface area contributed by atoms with Gasteiger partial charge in [0.25, 0.3) is 0 Å². The van der Waals surface area contributed by atoms with Crippen molar-refractivity contribution in [1.82, 2.24) is 21.0 Å². The number of ether oxygens (including phenoxy) is 8. The molecule has 0 bridgehead atoms. The quantitative estimate of drug-likeness (QED) is 0.0144. The third-order valence-corrected chi connectivity index (χ3v) is 13.4. The van der Waals surface area contributed by atoms with E-state index in [2.05, 4.69) is 16.0 Å². The first kappa shape index (κ1) is 79.2. The smallest absolute Gasteiger partial charge is 0.435 e. The zero-order chi connectivity index (χ0) is 71.0. The van der Waals surface area contributed by atoms with Gasteiger partial charge in [-0.3, -0.25) is 4.84 Å². The molecule has 0 radical (unpaired) electrons. The Labute approximate surface area is 562 Å². The summed E-state index contributed by atoms with van der Waals surface area (Å²) in [6.07, 6.45) is 0.108. The van der Waals surface area contributed by atoms with E-state index in [-0.39, 0.29) is 77.7 Å². The van der Waals surface area contributed by atoms with Crippen molar-refractivity contribution in [3.63, 3.8) is 0 Å². The minimum absolute atomic E-state index is 0.0181. The van der Waals surface area contributed by atoms with Crippen molar-refractivity contribution in [2.24, 2.45) is 0 Å². The predicted octanol–water partition coefficient (Wildman–Crippen LogP) is 12.9. The zero-order valence-electron chi connectivity index (χ0n) is 59.4. The summed E-state index contributed by atoms with van der Waals surface area (Å²) in [5, 5.41) is 9.15. The van der Waals surface area contributed by atoms with Gasteiger partial charge in [-0.2, -0.15) is 5.06 Å². The lowest BCUT2D eigenvalue weighted by Crippen LogP contribution is -2.50. The van der Waals surface area contributed by atoms with Crippen LogP contribution in [0.25, 0.3) is 0 Å². The number of hydrogen-bond donors (Lipinski definition) is 3. The van der Waals surface area contributed by atoms with Crippen LogP contribution in [0.5, 0.6) is 0 Å². The van der Waals surface area contributed by atoms with E-state index in [0.717, 1.165) is 16.2 Å². The Morgan fingerprint density at radius 3 is 1.19 bits per heavy atom. The first-order valence-corrected chi connectivity index (χ1v) is 32.7. The SMILES string of the molecule is CC(C)(C)OC(=O)N[C@@H](CCc1cc(CC[C@H](NC(=O)OC(C)(C)C)C(=O)OCc2ccccc2)c(CCC[C@@H](C(=O)OCc2ccccc2)N(OC(C)(C)C)C(=O)OC(C)(C)C)[n+](CCCC[C@H](NC(=O)OC(C)(C)C)C(=O)OC(C)(C)C)c1)C(=O)OCc1ccccc1. The molecule has 0 spiro atoms. The van der Waals surface area contributed by atoms with Crippen LogP contribution in [0.3, 0.4) is 0 Å². The zero-order valence-corrected chi connectivity index (χ0v) is 59.4. The Balaban J connectivity index is 1.95. The van der Waals surface area contributed by atoms with Gasteiger partial charge in [-0.15, -0.1) is 0 Å². The summed E-state index contributed by atoms with van der Waals surface area (Å²) < 4.78 is 48.1. The summed E-state index contributed by atoms with van der Waals surface area (Å²) in [5.74, 6) is -2.84. The van der Waals surface area contributed by atoms with E-state index < -0.39 is 106 Å². The molecule has 0 unspecified atom stereocenters. The summed E-state index contributed by atoms with van der Waals surface area (Å²) >= 11 is 0. The lowest BCUT2D eigenvalue weighted by Gasteiger charge is -2.35. The van der Waals surface area contributed by atoms with Crippen LogP contribution in [0, 0.1) is 0 Å². The molecule has 0 fully saturated rings. The number of hydroxylamine groups is 2. The molecule has 95 heavy (non-hydrogen) atoms. The van der Waals surface area contributed by atoms with E-state index in [0.29, 0.717) is 35.2 Å². The molecular weight excluding hydrogens is 1220 g/mol. The van der Waals surface area contributed by atoms with Gasteiger partial charge in [0.15, 0.2) is 17.9 Å². The van der Waals surface area contributed by atoms with Crippen LogP contribution in [-0.4, -0.2) is 111 Å². The Bertz CT molecular complexity index is 3120. The van der Waals surface area contributed by atoms with E-state index in [1.54, 1.807) is 137 Å². The number of benzene rings is 3. The van der Waals surface area contributed by atoms with Gasteiger partial charge in [-0.1, -0.05) is 91.0 Å². The number of unbranched alkanes of at least 4 members (excludes halogenated alkanes) is 1. The summed E-state index contributed by atoms with van der Waals surface area (Å²) in [6, 6.07) is 24.3. The van der Waals surface area contributed by atoms with Gasteiger partial charge < -0.3 is 53.8 Å². The van der Waals surface area contributed by atoms with Crippen LogP contribution in [0.4, 0.5) is 19.2 Å². The number of hydrogen-bond acceptors (Lipinski definition) is 17. The molecule has 4 amide bonds. The van der Waals surface area contributed by atoms with E-state index in [4.69, 9.17) is 42.7 Å². The van der Waals surface area contributed by atoms with Crippen LogP contribution in [0.15, 0.2) is 103 Å². The molecule has 3 aromatic carbocycles. The van der Waals surface area contributed by atoms with Crippen LogP contribution in [0.1, 0.15) is 203 Å². The minimum atomic E-state index is -1.34. The highest BCUT2D eigenvalue weighted by atomic mass is 16.7. The first-order chi connectivity index (χ1) is 44.1. The number of carbonyl (C=O) groups excluding carboxylic acids is 8. The molecule has 22 heteroatoms. The lowest BCUT2D eigenvalue weighted by atomic mass is 9.96. The average Bonchev–Trinajstić information content (AvgIpc) is 0.825. The number of carbonyl (C=O) groups is 8. The maximum atomic E-state index is 14.6. The molecule has 0 aliphatic carbocycles. The van der Waals surface area contributed by atoms with Gasteiger partial charge in [-0.25, -0.2) is 42.9 Å². The molecule has 3 N–H and O–H groups in total. The highest BCUT2D eigenvalue weighted by Crippen LogP contribution is 2.25. The summed E-state index contributed by atoms with van der Waals surface area (Å²) in [7, 11) is 0. The van der Waals surface area contributed by atoms with Crippen LogP contribution < -0.4 is 20.5 Å². The largest absolute Gasteiger partial charge is 0.459 e. The minimum Gasteiger partial charge on any atom is -0.459 e. The van der Waals surface area contributed by atoms with Crippen molar-refractivity contribution < 1.29 is 85.7 Å². The molecule has 1 aromatic heterocycles. The van der Waals surface area contributed by atoms with Gasteiger partial charge in [0.1, 0.15) is 72.5 Å². The number of alkyl carbamates (subject to hydrolysis) is 3. The molecule has 22 nitrogen and oxygen atoms in total. The summed E-state index contributed by atoms with van der Waals surface area (Å²) in [6.45, 7) is 30.9. The number of nitrogens with one attached hydrogen (secondary N) is 3. The Morgan fingerprint density at radius 2 is 0.789 bits per heavy atom. The fourth-order valence-electron chi connectivity index (χ4n) is 9.48. The maximum Gasteiger partial charge on any atom is 0.435 e. The normalized spacial score (nSPS) is 13.3. The molecule has 4 aromatic rings. The van der Waals surface area contributed by atoms with Crippen molar-refractivity contribution in [2.45, 2.75) is 273 Å². The number of pyridine rings is 1. The fraction of sp³-hybridized carbons (Fsp3) is 0.575. The van der Waals surface area contributed by atoms with Crippen molar-refractivity contribution in [3.8, 4) is 0 Å². The molecule has 4 rings (SSSR count). The van der Waals surface area contributed by atoms with Gasteiger partial charge in [0.2, 0.25) is 0 Å². The van der Waals surface area contributed by atoms with E-state index in [9.17, 15) is 38.4 Å². The molecule has 0 aliphatic heterocycles. The third kappa shape index (κ3) is 32.6. The summed E-state index contributed by atoms with van der Waals surface area (Å²) in [4.78, 5) is 118. The molecule has 0 saturated heterocycles. The third-order valence-electron chi connectivity index (χ3n) is 13.4. The van der Waals surface area contributed by atoms with Gasteiger partial charge in [0, 0.05) is 24.0 Å². The average molecular weight is 1330 g/mol. The maximum absolute atomic E-state index is 14.6. The standard InChI is InChI=1S/C73H105N5O17/c1-68(2,3)90-62(81)55(74-64(83)91-69(4,5)6)37-28-29-44-77-46-53(40-42-56(75-65(84)92-70(7,8)9)60(79)87-47-50-31-22-19-23-32-50)45-54(41-43-57(76-66(85)93-71(10,11)12)61(80)88-48-51-33-24-20-25-34-51)58(77)38-30-39-59(63(82)89-49-52-35-26-21-27-36-52)78(95-73(16,17)18)67(86)94-72(13,14)15/h19-27,31-36,45-46,55-57,59H,28-30,37-44,47-49H2,1-18H3,(H2-,74,75,76,83,84,85)/p+1/t55-,56-,57-,59-/m0/s1. The van der Waals surface area contributed by atoms with Gasteiger partial charge in [0.05, 0.1) is 5.60 Å². The van der Waals surface area contributed by atoms with Crippen molar-refractivity contribution in [3.05, 3.63) is 137 Å². The highest BCUT2D eigenvalue weighted by Gasteiger charge is 2.39. The molecule has 1 heterocycles. The second-order valence-electron chi connectivity index (χ2n) is 29.4. The first-order valence-electron chi connectivity index (χ1n) is 32.7. The number of nitrogens with zero attached hydrogens (tertiary/aromatic N) is 2.